The zero-order valence-corrected chi connectivity index (χ0v) is 15.3. The summed E-state index contributed by atoms with van der Waals surface area (Å²) >= 11 is 6.88. The van der Waals surface area contributed by atoms with Crippen LogP contribution in [-0.4, -0.2) is 24.0 Å². The van der Waals surface area contributed by atoms with Gasteiger partial charge in [-0.25, -0.2) is 4.79 Å². The Morgan fingerprint density at radius 1 is 1.23 bits per heavy atom. The van der Waals surface area contributed by atoms with Crippen LogP contribution < -0.4 is 20.4 Å². The standard InChI is InChI=1S/C17H14ClN3O4S/c1-24-14-8-6-13(7-9-14)21-16(17(23)25-20-21)26-10-15(22)19-12-4-2-11(18)3-5-12/h2-9H,10H2,1H3,(H-,19,20,22,23)/p+1. The maximum absolute atomic E-state index is 12.1. The van der Waals surface area contributed by atoms with Gasteiger partial charge < -0.3 is 10.1 Å². The van der Waals surface area contributed by atoms with Crippen LogP contribution in [0.4, 0.5) is 5.69 Å². The molecule has 134 valence electrons. The number of carbonyl (C=O) groups is 1. The average molecular weight is 393 g/mol. The van der Waals surface area contributed by atoms with Gasteiger partial charge in [-0.05, 0) is 58.1 Å². The quantitative estimate of drug-likeness (QED) is 0.497. The third kappa shape index (κ3) is 4.27. The van der Waals surface area contributed by atoms with Gasteiger partial charge in [-0.15, -0.1) is 0 Å². The number of halogens is 1. The highest BCUT2D eigenvalue weighted by atomic mass is 35.5. The van der Waals surface area contributed by atoms with E-state index in [2.05, 4.69) is 10.6 Å². The first-order valence-corrected chi connectivity index (χ1v) is 8.89. The zero-order valence-electron chi connectivity index (χ0n) is 13.7. The molecule has 0 saturated heterocycles. The van der Waals surface area contributed by atoms with Crippen molar-refractivity contribution in [2.45, 2.75) is 5.03 Å². The Morgan fingerprint density at radius 3 is 2.58 bits per heavy atom. The number of nitrogens with zero attached hydrogens (tertiary/aromatic N) is 1. The van der Waals surface area contributed by atoms with Crippen molar-refractivity contribution in [3.05, 3.63) is 64.0 Å². The number of hydrogen-bond acceptors (Lipinski definition) is 5. The number of carbonyl (C=O) groups excluding carboxylic acids is 1. The fourth-order valence-corrected chi connectivity index (χ4v) is 3.05. The number of nitrogens with one attached hydrogen (secondary N) is 2. The zero-order chi connectivity index (χ0) is 18.5. The Balaban J connectivity index is 1.69. The summed E-state index contributed by atoms with van der Waals surface area (Å²) in [7, 11) is 1.57. The molecule has 0 unspecified atom stereocenters. The first kappa shape index (κ1) is 18.1. The maximum Gasteiger partial charge on any atom is 0.442 e. The minimum atomic E-state index is -0.551. The van der Waals surface area contributed by atoms with Crippen LogP contribution in [0.25, 0.3) is 5.69 Å². The fourth-order valence-electron chi connectivity index (χ4n) is 2.15. The molecule has 2 aromatic carbocycles. The van der Waals surface area contributed by atoms with Gasteiger partial charge in [0.15, 0.2) is 0 Å². The van der Waals surface area contributed by atoms with Crippen molar-refractivity contribution >= 4 is 35.0 Å². The van der Waals surface area contributed by atoms with Gasteiger partial charge in [0.1, 0.15) is 5.75 Å². The van der Waals surface area contributed by atoms with Gasteiger partial charge in [-0.3, -0.25) is 9.32 Å². The number of anilines is 1. The third-order valence-corrected chi connectivity index (χ3v) is 4.69. The lowest BCUT2D eigenvalue weighted by molar-refractivity contribution is -0.704. The van der Waals surface area contributed by atoms with E-state index in [1.165, 1.54) is 4.68 Å². The highest BCUT2D eigenvalue weighted by Gasteiger charge is 2.25. The second kappa shape index (κ2) is 8.11. The lowest BCUT2D eigenvalue weighted by atomic mass is 10.3. The Hall–Kier alpha value is -2.71. The Kier molecular flexibility index (Phi) is 5.65. The number of aromatic amines is 1. The molecule has 7 nitrogen and oxygen atoms in total. The number of aromatic nitrogens is 2. The van der Waals surface area contributed by atoms with E-state index in [1.54, 1.807) is 55.6 Å². The Morgan fingerprint density at radius 2 is 1.92 bits per heavy atom. The van der Waals surface area contributed by atoms with E-state index >= 15 is 0 Å². The maximum atomic E-state index is 12.1. The highest BCUT2D eigenvalue weighted by molar-refractivity contribution is 7.99. The van der Waals surface area contributed by atoms with E-state index in [0.29, 0.717) is 22.1 Å². The Bertz CT molecular complexity index is 951. The molecule has 0 atom stereocenters. The number of benzene rings is 2. The molecule has 1 heterocycles. The van der Waals surface area contributed by atoms with Crippen molar-refractivity contribution < 1.29 is 18.7 Å². The molecule has 9 heteroatoms. The summed E-state index contributed by atoms with van der Waals surface area (Å²) < 4.78 is 11.4. The molecule has 0 radical (unpaired) electrons. The average Bonchev–Trinajstić information content (AvgIpc) is 3.02. The lowest BCUT2D eigenvalue weighted by Crippen LogP contribution is -2.36. The summed E-state index contributed by atoms with van der Waals surface area (Å²) in [6.45, 7) is 0. The topological polar surface area (TPSA) is 88.2 Å². The van der Waals surface area contributed by atoms with E-state index in [-0.39, 0.29) is 16.7 Å². The summed E-state index contributed by atoms with van der Waals surface area (Å²) in [6, 6.07) is 13.8. The molecule has 0 bridgehead atoms. The predicted molar refractivity (Wildman–Crippen MR) is 98.2 cm³/mol. The van der Waals surface area contributed by atoms with Crippen molar-refractivity contribution in [3.8, 4) is 11.4 Å². The van der Waals surface area contributed by atoms with E-state index in [9.17, 15) is 9.59 Å². The summed E-state index contributed by atoms with van der Waals surface area (Å²) in [5.74, 6) is 0.484. The van der Waals surface area contributed by atoms with E-state index in [0.717, 1.165) is 11.8 Å². The highest BCUT2D eigenvalue weighted by Crippen LogP contribution is 2.16. The molecular weight excluding hydrogens is 378 g/mol. The molecule has 2 N–H and O–H groups in total. The van der Waals surface area contributed by atoms with E-state index < -0.39 is 5.63 Å². The molecular formula is C17H15ClN3O4S+. The SMILES string of the molecule is COc1ccc(-[n+]2[nH]oc(=O)c2SCC(=O)Nc2ccc(Cl)cc2)cc1. The molecule has 0 saturated carbocycles. The van der Waals surface area contributed by atoms with Gasteiger partial charge in [-0.1, -0.05) is 11.6 Å². The van der Waals surface area contributed by atoms with Gasteiger partial charge in [0.05, 0.1) is 12.9 Å². The summed E-state index contributed by atoms with van der Waals surface area (Å²) in [4.78, 5) is 24.0. The van der Waals surface area contributed by atoms with Crippen molar-refractivity contribution in [1.29, 1.82) is 0 Å². The molecule has 3 rings (SSSR count). The second-order valence-electron chi connectivity index (χ2n) is 5.16. The van der Waals surface area contributed by atoms with Crippen LogP contribution >= 0.6 is 23.4 Å². The molecule has 0 aliphatic rings. The van der Waals surface area contributed by atoms with Gasteiger partial charge >= 0.3 is 10.7 Å². The second-order valence-corrected chi connectivity index (χ2v) is 6.56. The van der Waals surface area contributed by atoms with Crippen LogP contribution in [-0.2, 0) is 4.79 Å². The lowest BCUT2D eigenvalue weighted by Gasteiger charge is -2.03. The number of rotatable bonds is 6. The largest absolute Gasteiger partial charge is 0.497 e. The molecule has 0 aliphatic carbocycles. The Labute approximate surface area is 157 Å². The molecule has 3 aromatic rings. The summed E-state index contributed by atoms with van der Waals surface area (Å²) in [6.07, 6.45) is 0. The van der Waals surface area contributed by atoms with Crippen LogP contribution in [0.5, 0.6) is 5.75 Å². The minimum Gasteiger partial charge on any atom is -0.497 e. The van der Waals surface area contributed by atoms with Gasteiger partial charge in [-0.2, -0.15) is 0 Å². The monoisotopic (exact) mass is 392 g/mol. The van der Waals surface area contributed by atoms with E-state index in [4.69, 9.17) is 20.9 Å². The van der Waals surface area contributed by atoms with Gasteiger partial charge in [0, 0.05) is 22.8 Å². The predicted octanol–water partition coefficient (Wildman–Crippen LogP) is 2.64. The number of thioether (sulfide) groups is 1. The third-order valence-electron chi connectivity index (χ3n) is 3.41. The van der Waals surface area contributed by atoms with Crippen molar-refractivity contribution in [2.75, 3.05) is 18.2 Å². The van der Waals surface area contributed by atoms with Crippen LogP contribution in [0, 0.1) is 0 Å². The molecule has 0 spiro atoms. The van der Waals surface area contributed by atoms with Crippen LogP contribution in [0.2, 0.25) is 5.02 Å². The van der Waals surface area contributed by atoms with Gasteiger partial charge in [0.25, 0.3) is 0 Å². The number of H-pyrrole nitrogens is 1. The molecule has 0 fully saturated rings. The molecule has 1 amide bonds. The molecule has 1 aromatic heterocycles. The molecule has 26 heavy (non-hydrogen) atoms. The number of hydrogen-bond donors (Lipinski definition) is 2. The molecule has 0 aliphatic heterocycles. The van der Waals surface area contributed by atoms with Crippen LogP contribution in [0.3, 0.4) is 0 Å². The van der Waals surface area contributed by atoms with Crippen molar-refractivity contribution in [2.24, 2.45) is 0 Å². The number of ether oxygens (including phenoxy) is 1. The smallest absolute Gasteiger partial charge is 0.442 e. The number of methoxy groups -OCH3 is 1. The first-order chi connectivity index (χ1) is 12.6. The van der Waals surface area contributed by atoms with Crippen molar-refractivity contribution in [1.82, 2.24) is 5.27 Å². The number of amides is 1. The normalized spacial score (nSPS) is 10.5. The van der Waals surface area contributed by atoms with Gasteiger partial charge in [0.2, 0.25) is 11.6 Å². The van der Waals surface area contributed by atoms with Crippen LogP contribution in [0.15, 0.2) is 62.9 Å². The van der Waals surface area contributed by atoms with E-state index in [1.807, 2.05) is 0 Å². The fraction of sp³-hybridized carbons (Fsp3) is 0.118. The first-order valence-electron chi connectivity index (χ1n) is 7.53. The van der Waals surface area contributed by atoms with Crippen molar-refractivity contribution in [3.63, 3.8) is 0 Å². The minimum absolute atomic E-state index is 0.0431. The van der Waals surface area contributed by atoms with Crippen LogP contribution in [0.1, 0.15) is 0 Å². The summed E-state index contributed by atoms with van der Waals surface area (Å²) in [5.41, 5.74) is 0.756. The summed E-state index contributed by atoms with van der Waals surface area (Å²) in [5, 5.41) is 6.12.